The zero-order chi connectivity index (χ0) is 18.8. The molecule has 146 valence electrons. The van der Waals surface area contributed by atoms with E-state index in [0.717, 1.165) is 50.3 Å². The fourth-order valence-electron chi connectivity index (χ4n) is 4.53. The maximum absolute atomic E-state index is 12.9. The van der Waals surface area contributed by atoms with Gasteiger partial charge in [-0.3, -0.25) is 9.59 Å². The van der Waals surface area contributed by atoms with E-state index in [1.807, 2.05) is 11.8 Å². The molecule has 0 spiro atoms. The summed E-state index contributed by atoms with van der Waals surface area (Å²) < 4.78 is 0. The van der Waals surface area contributed by atoms with Crippen molar-refractivity contribution < 1.29 is 9.59 Å². The molecule has 1 aromatic heterocycles. The molecule has 2 heterocycles. The number of amides is 2. The first-order chi connectivity index (χ1) is 13.1. The SMILES string of the molecule is Cc1ncc(C(=O)NC2CC2)c(C2CCCN2C(=O)CCC2CCCC2)n1. The number of hydrogen-bond acceptors (Lipinski definition) is 4. The molecule has 1 saturated heterocycles. The topological polar surface area (TPSA) is 75.2 Å². The summed E-state index contributed by atoms with van der Waals surface area (Å²) in [5.74, 6) is 1.49. The molecular weight excluding hydrogens is 340 g/mol. The Balaban J connectivity index is 1.49. The molecule has 0 aromatic carbocycles. The minimum atomic E-state index is -0.0993. The van der Waals surface area contributed by atoms with Crippen LogP contribution in [0.25, 0.3) is 0 Å². The van der Waals surface area contributed by atoms with Gasteiger partial charge in [-0.05, 0) is 44.9 Å². The van der Waals surface area contributed by atoms with Gasteiger partial charge in [0.15, 0.2) is 0 Å². The average molecular weight is 370 g/mol. The van der Waals surface area contributed by atoms with E-state index in [0.29, 0.717) is 23.9 Å². The highest BCUT2D eigenvalue weighted by Gasteiger charge is 2.35. The quantitative estimate of drug-likeness (QED) is 0.833. The molecule has 1 N–H and O–H groups in total. The summed E-state index contributed by atoms with van der Waals surface area (Å²) in [5.41, 5.74) is 1.26. The predicted molar refractivity (Wildman–Crippen MR) is 102 cm³/mol. The molecule has 27 heavy (non-hydrogen) atoms. The van der Waals surface area contributed by atoms with Gasteiger partial charge in [0.25, 0.3) is 5.91 Å². The minimum Gasteiger partial charge on any atom is -0.349 e. The number of carbonyl (C=O) groups excluding carboxylic acids is 2. The Morgan fingerprint density at radius 1 is 1.15 bits per heavy atom. The summed E-state index contributed by atoms with van der Waals surface area (Å²) in [5, 5.41) is 3.04. The van der Waals surface area contributed by atoms with Crippen LogP contribution in [0.3, 0.4) is 0 Å². The molecular formula is C21H30N4O2. The Morgan fingerprint density at radius 3 is 2.67 bits per heavy atom. The third-order valence-corrected chi connectivity index (χ3v) is 6.23. The van der Waals surface area contributed by atoms with Crippen molar-refractivity contribution in [3.63, 3.8) is 0 Å². The summed E-state index contributed by atoms with van der Waals surface area (Å²) in [6.45, 7) is 2.61. The highest BCUT2D eigenvalue weighted by atomic mass is 16.2. The first kappa shape index (κ1) is 18.4. The van der Waals surface area contributed by atoms with Crippen LogP contribution in [-0.2, 0) is 4.79 Å². The zero-order valence-corrected chi connectivity index (χ0v) is 16.2. The monoisotopic (exact) mass is 370 g/mol. The summed E-state index contributed by atoms with van der Waals surface area (Å²) in [7, 11) is 0. The maximum Gasteiger partial charge on any atom is 0.255 e. The van der Waals surface area contributed by atoms with Gasteiger partial charge in [0.1, 0.15) is 5.82 Å². The van der Waals surface area contributed by atoms with Crippen LogP contribution < -0.4 is 5.32 Å². The van der Waals surface area contributed by atoms with E-state index < -0.39 is 0 Å². The number of nitrogens with one attached hydrogen (secondary N) is 1. The van der Waals surface area contributed by atoms with Crippen molar-refractivity contribution >= 4 is 11.8 Å². The van der Waals surface area contributed by atoms with E-state index in [1.54, 1.807) is 6.20 Å². The van der Waals surface area contributed by atoms with Gasteiger partial charge in [-0.15, -0.1) is 0 Å². The predicted octanol–water partition coefficient (Wildman–Crippen LogP) is 3.31. The van der Waals surface area contributed by atoms with Crippen molar-refractivity contribution in [3.8, 4) is 0 Å². The van der Waals surface area contributed by atoms with Crippen LogP contribution in [0, 0.1) is 12.8 Å². The van der Waals surface area contributed by atoms with Crippen molar-refractivity contribution in [1.82, 2.24) is 20.2 Å². The molecule has 6 nitrogen and oxygen atoms in total. The van der Waals surface area contributed by atoms with Crippen molar-refractivity contribution in [1.29, 1.82) is 0 Å². The van der Waals surface area contributed by atoms with Crippen LogP contribution in [0.5, 0.6) is 0 Å². The largest absolute Gasteiger partial charge is 0.349 e. The van der Waals surface area contributed by atoms with Crippen LogP contribution in [0.1, 0.15) is 92.1 Å². The Morgan fingerprint density at radius 2 is 1.93 bits per heavy atom. The third-order valence-electron chi connectivity index (χ3n) is 6.23. The number of hydrogen-bond donors (Lipinski definition) is 1. The van der Waals surface area contributed by atoms with E-state index in [2.05, 4.69) is 15.3 Å². The fraction of sp³-hybridized carbons (Fsp3) is 0.714. The fourth-order valence-corrected chi connectivity index (χ4v) is 4.53. The molecule has 1 aromatic rings. The lowest BCUT2D eigenvalue weighted by Gasteiger charge is -2.26. The molecule has 0 radical (unpaired) electrons. The minimum absolute atomic E-state index is 0.0947. The summed E-state index contributed by atoms with van der Waals surface area (Å²) in [4.78, 5) is 36.4. The van der Waals surface area contributed by atoms with E-state index >= 15 is 0 Å². The second-order valence-electron chi connectivity index (χ2n) is 8.40. The lowest BCUT2D eigenvalue weighted by molar-refractivity contribution is -0.132. The van der Waals surface area contributed by atoms with E-state index in [4.69, 9.17) is 0 Å². The summed E-state index contributed by atoms with van der Waals surface area (Å²) >= 11 is 0. The van der Waals surface area contributed by atoms with Gasteiger partial charge in [0.05, 0.1) is 17.3 Å². The summed E-state index contributed by atoms with van der Waals surface area (Å²) in [6, 6.07) is 0.196. The van der Waals surface area contributed by atoms with Gasteiger partial charge in [0.2, 0.25) is 5.91 Å². The lowest BCUT2D eigenvalue weighted by Crippen LogP contribution is -2.34. The number of nitrogens with zero attached hydrogens (tertiary/aromatic N) is 3. The highest BCUT2D eigenvalue weighted by Crippen LogP contribution is 2.35. The first-order valence-corrected chi connectivity index (χ1v) is 10.6. The Kier molecular flexibility index (Phi) is 5.41. The van der Waals surface area contributed by atoms with Crippen molar-refractivity contribution in [3.05, 3.63) is 23.3 Å². The number of carbonyl (C=O) groups is 2. The molecule has 1 atom stereocenters. The normalized spacial score (nSPS) is 23.0. The number of aryl methyl sites for hydroxylation is 1. The van der Waals surface area contributed by atoms with Crippen LogP contribution in [-0.4, -0.2) is 39.3 Å². The number of likely N-dealkylation sites (tertiary alicyclic amines) is 1. The van der Waals surface area contributed by atoms with Gasteiger partial charge in [-0.1, -0.05) is 25.7 Å². The van der Waals surface area contributed by atoms with Crippen molar-refractivity contribution in [2.45, 2.75) is 83.2 Å². The molecule has 2 saturated carbocycles. The Bertz CT molecular complexity index is 710. The molecule has 2 aliphatic carbocycles. The molecule has 1 aliphatic heterocycles. The van der Waals surface area contributed by atoms with Gasteiger partial charge < -0.3 is 10.2 Å². The van der Waals surface area contributed by atoms with Crippen molar-refractivity contribution in [2.24, 2.45) is 5.92 Å². The molecule has 3 fully saturated rings. The molecule has 3 aliphatic rings. The van der Waals surface area contributed by atoms with Crippen LogP contribution in [0.4, 0.5) is 0 Å². The number of aromatic nitrogens is 2. The highest BCUT2D eigenvalue weighted by molar-refractivity contribution is 5.95. The van der Waals surface area contributed by atoms with E-state index in [-0.39, 0.29) is 17.9 Å². The molecule has 2 amide bonds. The van der Waals surface area contributed by atoms with Crippen LogP contribution >= 0.6 is 0 Å². The van der Waals surface area contributed by atoms with Crippen molar-refractivity contribution in [2.75, 3.05) is 6.54 Å². The van der Waals surface area contributed by atoms with Gasteiger partial charge in [-0.2, -0.15) is 0 Å². The third kappa shape index (κ3) is 4.30. The Labute approximate surface area is 161 Å². The molecule has 6 heteroatoms. The number of rotatable bonds is 6. The second kappa shape index (κ2) is 7.95. The van der Waals surface area contributed by atoms with Gasteiger partial charge in [-0.25, -0.2) is 9.97 Å². The average Bonchev–Trinajstić information content (AvgIpc) is 3.14. The van der Waals surface area contributed by atoms with Gasteiger partial charge in [0, 0.05) is 25.2 Å². The van der Waals surface area contributed by atoms with E-state index in [9.17, 15) is 9.59 Å². The van der Waals surface area contributed by atoms with Gasteiger partial charge >= 0.3 is 0 Å². The maximum atomic E-state index is 12.9. The smallest absolute Gasteiger partial charge is 0.255 e. The first-order valence-electron chi connectivity index (χ1n) is 10.6. The van der Waals surface area contributed by atoms with E-state index in [1.165, 1.54) is 25.7 Å². The molecule has 4 rings (SSSR count). The molecule has 1 unspecified atom stereocenters. The lowest BCUT2D eigenvalue weighted by atomic mass is 10.0. The standard InChI is InChI=1S/C21H30N4O2/c1-14-22-13-17(21(27)24-16-9-10-16)20(23-14)18-7-4-12-25(18)19(26)11-8-15-5-2-3-6-15/h13,15-16,18H,2-12H2,1H3,(H,24,27). The molecule has 0 bridgehead atoms. The zero-order valence-electron chi connectivity index (χ0n) is 16.2. The summed E-state index contributed by atoms with van der Waals surface area (Å²) in [6.07, 6.45) is 12.3. The van der Waals surface area contributed by atoms with Crippen LogP contribution in [0.2, 0.25) is 0 Å². The second-order valence-corrected chi connectivity index (χ2v) is 8.40. The Hall–Kier alpha value is -1.98. The van der Waals surface area contributed by atoms with Crippen LogP contribution in [0.15, 0.2) is 6.20 Å².